The summed E-state index contributed by atoms with van der Waals surface area (Å²) in [6, 6.07) is 4.44. The lowest BCUT2D eigenvalue weighted by Gasteiger charge is -2.35. The molecule has 0 saturated heterocycles. The molecule has 0 amide bonds. The van der Waals surface area contributed by atoms with Gasteiger partial charge >= 0.3 is 0 Å². The largest absolute Gasteiger partial charge is 0.493 e. The monoisotopic (exact) mass is 323 g/mol. The van der Waals surface area contributed by atoms with Crippen molar-refractivity contribution in [2.75, 3.05) is 6.61 Å². The highest BCUT2D eigenvalue weighted by Crippen LogP contribution is 2.51. The molecular weight excluding hydrogens is 302 g/mol. The van der Waals surface area contributed by atoms with Gasteiger partial charge in [0.1, 0.15) is 5.75 Å². The summed E-state index contributed by atoms with van der Waals surface area (Å²) < 4.78 is 6.98. The molecule has 1 saturated carbocycles. The Hall–Kier alpha value is -0.540. The standard InChI is InChI=1S/C16H22BrNO/c1-2-16(6-3-4-7-16)15(18)13-10-12(17)9-11-5-8-19-14(11)13/h9-10,15H,2-8,18H2,1H3. The lowest BCUT2D eigenvalue weighted by molar-refractivity contribution is 0.217. The van der Waals surface area contributed by atoms with Gasteiger partial charge in [0, 0.05) is 22.5 Å². The van der Waals surface area contributed by atoms with Crippen LogP contribution in [0.3, 0.4) is 0 Å². The van der Waals surface area contributed by atoms with E-state index in [1.165, 1.54) is 36.8 Å². The molecule has 3 rings (SSSR count). The van der Waals surface area contributed by atoms with Crippen molar-refractivity contribution in [3.63, 3.8) is 0 Å². The summed E-state index contributed by atoms with van der Waals surface area (Å²) in [7, 11) is 0. The van der Waals surface area contributed by atoms with Crippen molar-refractivity contribution in [3.05, 3.63) is 27.7 Å². The van der Waals surface area contributed by atoms with E-state index in [0.717, 1.165) is 29.7 Å². The Morgan fingerprint density at radius 3 is 2.79 bits per heavy atom. The van der Waals surface area contributed by atoms with E-state index in [4.69, 9.17) is 10.5 Å². The van der Waals surface area contributed by atoms with Gasteiger partial charge in [-0.3, -0.25) is 0 Å². The molecule has 19 heavy (non-hydrogen) atoms. The Morgan fingerprint density at radius 1 is 1.37 bits per heavy atom. The Morgan fingerprint density at radius 2 is 2.11 bits per heavy atom. The van der Waals surface area contributed by atoms with Gasteiger partial charge < -0.3 is 10.5 Å². The first-order valence-electron chi connectivity index (χ1n) is 7.37. The van der Waals surface area contributed by atoms with Crippen LogP contribution in [0, 0.1) is 5.41 Å². The molecule has 2 N–H and O–H groups in total. The summed E-state index contributed by atoms with van der Waals surface area (Å²) in [5.74, 6) is 1.07. The van der Waals surface area contributed by atoms with Crippen LogP contribution in [0.5, 0.6) is 5.75 Å². The third kappa shape index (κ3) is 2.21. The molecule has 0 radical (unpaired) electrons. The first-order valence-corrected chi connectivity index (χ1v) is 8.16. The molecule has 0 aromatic heterocycles. The molecule has 1 fully saturated rings. The molecular formula is C16H22BrNO. The van der Waals surface area contributed by atoms with Gasteiger partial charge in [0.25, 0.3) is 0 Å². The fraction of sp³-hybridized carbons (Fsp3) is 0.625. The maximum atomic E-state index is 6.69. The third-order valence-electron chi connectivity index (χ3n) is 5.08. The number of halogens is 1. The highest BCUT2D eigenvalue weighted by atomic mass is 79.9. The van der Waals surface area contributed by atoms with E-state index in [2.05, 4.69) is 35.0 Å². The van der Waals surface area contributed by atoms with Crippen LogP contribution in [0.1, 0.15) is 56.2 Å². The van der Waals surface area contributed by atoms with Gasteiger partial charge in [-0.2, -0.15) is 0 Å². The molecule has 1 atom stereocenters. The second-order valence-corrected chi connectivity index (χ2v) is 6.90. The molecule has 1 aliphatic carbocycles. The summed E-state index contributed by atoms with van der Waals surface area (Å²) in [4.78, 5) is 0. The smallest absolute Gasteiger partial charge is 0.127 e. The van der Waals surface area contributed by atoms with Gasteiger partial charge in [0.2, 0.25) is 0 Å². The average Bonchev–Trinajstić information content (AvgIpc) is 3.05. The minimum atomic E-state index is 0.101. The van der Waals surface area contributed by atoms with Crippen LogP contribution in [-0.2, 0) is 6.42 Å². The van der Waals surface area contributed by atoms with Gasteiger partial charge in [0.15, 0.2) is 0 Å². The minimum absolute atomic E-state index is 0.101. The highest BCUT2D eigenvalue weighted by molar-refractivity contribution is 9.10. The van der Waals surface area contributed by atoms with E-state index >= 15 is 0 Å². The first-order chi connectivity index (χ1) is 9.16. The van der Waals surface area contributed by atoms with Crippen molar-refractivity contribution in [1.29, 1.82) is 0 Å². The van der Waals surface area contributed by atoms with Crippen LogP contribution in [0.15, 0.2) is 16.6 Å². The normalized spacial score (nSPS) is 22.1. The second-order valence-electron chi connectivity index (χ2n) is 5.98. The molecule has 1 aromatic carbocycles. The van der Waals surface area contributed by atoms with E-state index in [-0.39, 0.29) is 11.5 Å². The third-order valence-corrected chi connectivity index (χ3v) is 5.53. The lowest BCUT2D eigenvalue weighted by Crippen LogP contribution is -2.32. The number of hydrogen-bond acceptors (Lipinski definition) is 2. The van der Waals surface area contributed by atoms with Crippen molar-refractivity contribution in [3.8, 4) is 5.75 Å². The first kappa shape index (κ1) is 13.4. The van der Waals surface area contributed by atoms with Gasteiger partial charge in [-0.15, -0.1) is 0 Å². The number of benzene rings is 1. The van der Waals surface area contributed by atoms with Crippen molar-refractivity contribution in [2.45, 2.75) is 51.5 Å². The minimum Gasteiger partial charge on any atom is -0.493 e. The van der Waals surface area contributed by atoms with Crippen molar-refractivity contribution >= 4 is 15.9 Å². The average molecular weight is 324 g/mol. The summed E-state index contributed by atoms with van der Waals surface area (Å²) >= 11 is 3.62. The zero-order valence-corrected chi connectivity index (χ0v) is 13.1. The van der Waals surface area contributed by atoms with E-state index in [9.17, 15) is 0 Å². The van der Waals surface area contributed by atoms with Gasteiger partial charge in [-0.05, 0) is 42.4 Å². The van der Waals surface area contributed by atoms with Crippen molar-refractivity contribution in [1.82, 2.24) is 0 Å². The number of fused-ring (bicyclic) bond motifs is 1. The Kier molecular flexibility index (Phi) is 3.61. The molecule has 1 aliphatic heterocycles. The van der Waals surface area contributed by atoms with Crippen LogP contribution in [0.4, 0.5) is 0 Å². The molecule has 1 aromatic rings. The number of rotatable bonds is 3. The van der Waals surface area contributed by atoms with Crippen molar-refractivity contribution < 1.29 is 4.74 Å². The van der Waals surface area contributed by atoms with Crippen LogP contribution < -0.4 is 10.5 Å². The molecule has 0 spiro atoms. The zero-order valence-electron chi connectivity index (χ0n) is 11.5. The summed E-state index contributed by atoms with van der Waals surface area (Å²) in [6.45, 7) is 3.08. The predicted molar refractivity (Wildman–Crippen MR) is 81.5 cm³/mol. The Balaban J connectivity index is 2.02. The van der Waals surface area contributed by atoms with Crippen LogP contribution in [0.25, 0.3) is 0 Å². The number of hydrogen-bond donors (Lipinski definition) is 1. The van der Waals surface area contributed by atoms with E-state index in [0.29, 0.717) is 0 Å². The predicted octanol–water partition coefficient (Wildman–Crippen LogP) is 4.35. The molecule has 2 aliphatic rings. The van der Waals surface area contributed by atoms with Crippen LogP contribution in [-0.4, -0.2) is 6.61 Å². The molecule has 104 valence electrons. The van der Waals surface area contributed by atoms with Crippen molar-refractivity contribution in [2.24, 2.45) is 11.1 Å². The molecule has 2 nitrogen and oxygen atoms in total. The topological polar surface area (TPSA) is 35.2 Å². The second kappa shape index (κ2) is 5.10. The van der Waals surface area contributed by atoms with E-state index < -0.39 is 0 Å². The summed E-state index contributed by atoms with van der Waals surface area (Å²) in [5.41, 5.74) is 9.49. The SMILES string of the molecule is CCC1(C(N)c2cc(Br)cc3c2OCC3)CCCC1. The maximum absolute atomic E-state index is 6.69. The summed E-state index contributed by atoms with van der Waals surface area (Å²) in [6.07, 6.45) is 7.32. The molecule has 0 bridgehead atoms. The van der Waals surface area contributed by atoms with E-state index in [1.807, 2.05) is 0 Å². The quantitative estimate of drug-likeness (QED) is 0.897. The fourth-order valence-electron chi connectivity index (χ4n) is 3.82. The maximum Gasteiger partial charge on any atom is 0.127 e. The Labute approximate surface area is 123 Å². The molecule has 1 heterocycles. The van der Waals surface area contributed by atoms with Gasteiger partial charge in [0.05, 0.1) is 6.61 Å². The fourth-order valence-corrected chi connectivity index (χ4v) is 4.35. The molecule has 3 heteroatoms. The number of nitrogens with two attached hydrogens (primary N) is 1. The van der Waals surface area contributed by atoms with Gasteiger partial charge in [-0.1, -0.05) is 35.7 Å². The van der Waals surface area contributed by atoms with Gasteiger partial charge in [-0.25, -0.2) is 0 Å². The van der Waals surface area contributed by atoms with Crippen LogP contribution >= 0.6 is 15.9 Å². The lowest BCUT2D eigenvalue weighted by atomic mass is 9.73. The van der Waals surface area contributed by atoms with E-state index in [1.54, 1.807) is 0 Å². The highest BCUT2D eigenvalue weighted by Gasteiger charge is 2.40. The molecule has 1 unspecified atom stereocenters. The zero-order chi connectivity index (χ0) is 13.5. The summed E-state index contributed by atoms with van der Waals surface area (Å²) in [5, 5.41) is 0. The van der Waals surface area contributed by atoms with Crippen LogP contribution in [0.2, 0.25) is 0 Å². The Bertz CT molecular complexity index is 480. The number of ether oxygens (including phenoxy) is 1.